The summed E-state index contributed by atoms with van der Waals surface area (Å²) in [7, 11) is 0. The Hall–Kier alpha value is -5.12. The number of rotatable bonds is 6. The third-order valence-corrected chi connectivity index (χ3v) is 5.09. The fraction of sp³-hybridized carbons (Fsp3) is 0.0400. The van der Waals surface area contributed by atoms with E-state index in [9.17, 15) is 9.59 Å². The van der Waals surface area contributed by atoms with Crippen LogP contribution in [0.3, 0.4) is 0 Å². The van der Waals surface area contributed by atoms with Gasteiger partial charge in [-0.3, -0.25) is 20.4 Å². The third-order valence-electron chi connectivity index (χ3n) is 5.09. The van der Waals surface area contributed by atoms with Crippen molar-refractivity contribution < 1.29 is 9.59 Å². The van der Waals surface area contributed by atoms with Crippen molar-refractivity contribution in [1.29, 1.82) is 0 Å². The zero-order valence-electron chi connectivity index (χ0n) is 18.4. The summed E-state index contributed by atoms with van der Waals surface area (Å²) >= 11 is 0. The van der Waals surface area contributed by atoms with E-state index in [1.54, 1.807) is 9.36 Å². The van der Waals surface area contributed by atoms with Crippen molar-refractivity contribution in [1.82, 2.24) is 40.6 Å². The molecule has 0 aliphatic heterocycles. The lowest BCUT2D eigenvalue weighted by Crippen LogP contribution is -2.42. The Bertz CT molecular complexity index is 1390. The van der Waals surface area contributed by atoms with Gasteiger partial charge < -0.3 is 0 Å². The Kier molecular flexibility index (Phi) is 6.07. The fourth-order valence-corrected chi connectivity index (χ4v) is 3.42. The van der Waals surface area contributed by atoms with Crippen LogP contribution in [0.1, 0.15) is 26.7 Å². The van der Waals surface area contributed by atoms with E-state index in [4.69, 9.17) is 0 Å². The molecule has 5 rings (SSSR count). The molecule has 0 spiro atoms. The minimum absolute atomic E-state index is 0.0639. The van der Waals surface area contributed by atoms with Crippen molar-refractivity contribution in [2.24, 2.45) is 0 Å². The summed E-state index contributed by atoms with van der Waals surface area (Å²) in [6.07, 6.45) is 1.50. The van der Waals surface area contributed by atoms with E-state index in [2.05, 4.69) is 31.2 Å². The average molecular weight is 464 g/mol. The molecule has 35 heavy (non-hydrogen) atoms. The number of aromatic nitrogens is 6. The van der Waals surface area contributed by atoms with E-state index in [-0.39, 0.29) is 11.5 Å². The molecular formula is C25H20N8O2. The Morgan fingerprint density at radius 2 is 1.40 bits per heavy atom. The maximum Gasteiger partial charge on any atom is 0.309 e. The van der Waals surface area contributed by atoms with Crippen LogP contribution in [0, 0.1) is 0 Å². The molecule has 0 bridgehead atoms. The van der Waals surface area contributed by atoms with Gasteiger partial charge in [-0.05, 0) is 17.7 Å². The molecule has 0 radical (unpaired) electrons. The molecule has 0 aliphatic rings. The maximum absolute atomic E-state index is 12.7. The van der Waals surface area contributed by atoms with Gasteiger partial charge in [0.1, 0.15) is 0 Å². The number of nitrogens with one attached hydrogen (secondary N) is 2. The van der Waals surface area contributed by atoms with Gasteiger partial charge in [0.05, 0.1) is 18.4 Å². The second-order valence-electron chi connectivity index (χ2n) is 7.57. The zero-order valence-corrected chi connectivity index (χ0v) is 18.4. The normalized spacial score (nSPS) is 10.6. The van der Waals surface area contributed by atoms with Crippen molar-refractivity contribution >= 4 is 11.8 Å². The fourth-order valence-electron chi connectivity index (χ4n) is 3.42. The third kappa shape index (κ3) is 4.96. The van der Waals surface area contributed by atoms with E-state index in [1.807, 2.05) is 91.0 Å². The Morgan fingerprint density at radius 1 is 0.771 bits per heavy atom. The van der Waals surface area contributed by atoms with Crippen molar-refractivity contribution in [2.75, 3.05) is 0 Å². The average Bonchev–Trinajstić information content (AvgIpc) is 3.57. The highest BCUT2D eigenvalue weighted by molar-refractivity contribution is 5.96. The second kappa shape index (κ2) is 9.79. The Balaban J connectivity index is 1.30. The zero-order chi connectivity index (χ0) is 24.0. The molecule has 172 valence electrons. The molecule has 2 N–H and O–H groups in total. The van der Waals surface area contributed by atoms with Crippen LogP contribution in [0.15, 0.2) is 97.2 Å². The van der Waals surface area contributed by atoms with Gasteiger partial charge in [-0.2, -0.15) is 0 Å². The molecule has 0 saturated carbocycles. The first-order chi connectivity index (χ1) is 17.2. The molecule has 3 aromatic carbocycles. The molecule has 0 fully saturated rings. The highest BCUT2D eigenvalue weighted by Crippen LogP contribution is 2.20. The Labute approximate surface area is 200 Å². The van der Waals surface area contributed by atoms with Crippen molar-refractivity contribution in [3.05, 3.63) is 114 Å². The van der Waals surface area contributed by atoms with Crippen LogP contribution >= 0.6 is 0 Å². The van der Waals surface area contributed by atoms with Crippen LogP contribution in [-0.4, -0.2) is 41.6 Å². The number of para-hydroxylation sites is 1. The quantitative estimate of drug-likeness (QED) is 0.373. The predicted octanol–water partition coefficient (Wildman–Crippen LogP) is 2.65. The molecule has 2 aromatic heterocycles. The topological polar surface area (TPSA) is 120 Å². The number of amides is 2. The van der Waals surface area contributed by atoms with Gasteiger partial charge in [0, 0.05) is 5.56 Å². The lowest BCUT2D eigenvalue weighted by Gasteiger charge is -2.05. The van der Waals surface area contributed by atoms with E-state index in [1.165, 1.54) is 6.20 Å². The lowest BCUT2D eigenvalue weighted by atomic mass is 10.2. The van der Waals surface area contributed by atoms with Crippen LogP contribution in [0.4, 0.5) is 0 Å². The van der Waals surface area contributed by atoms with Gasteiger partial charge in [0.15, 0.2) is 11.5 Å². The number of hydrazine groups is 1. The van der Waals surface area contributed by atoms with E-state index in [0.29, 0.717) is 12.4 Å². The molecule has 0 unspecified atom stereocenters. The van der Waals surface area contributed by atoms with Crippen molar-refractivity contribution in [3.63, 3.8) is 0 Å². The van der Waals surface area contributed by atoms with Crippen LogP contribution in [-0.2, 0) is 6.54 Å². The second-order valence-corrected chi connectivity index (χ2v) is 7.57. The number of benzene rings is 3. The summed E-state index contributed by atoms with van der Waals surface area (Å²) in [4.78, 5) is 29.6. The van der Waals surface area contributed by atoms with Crippen molar-refractivity contribution in [3.8, 4) is 17.1 Å². The highest BCUT2D eigenvalue weighted by Gasteiger charge is 2.20. The highest BCUT2D eigenvalue weighted by atomic mass is 16.2. The van der Waals surface area contributed by atoms with Gasteiger partial charge in [-0.25, -0.2) is 14.3 Å². The number of carbonyl (C=O) groups is 2. The standard InChI is InChI=1S/C25H20N8O2/c34-24(21-17-32(31-27-21)16-18-10-4-1-5-11-18)28-29-25(35)22-26-23(19-12-6-2-7-13-19)33(30-22)20-14-8-3-9-15-20/h1-15,17H,16H2,(H,28,34)(H,29,35). The number of hydrogen-bond acceptors (Lipinski definition) is 6. The van der Waals surface area contributed by atoms with E-state index in [0.717, 1.165) is 16.8 Å². The summed E-state index contributed by atoms with van der Waals surface area (Å²) in [6, 6.07) is 28.4. The molecule has 10 heteroatoms. The Morgan fingerprint density at radius 3 is 2.11 bits per heavy atom. The largest absolute Gasteiger partial charge is 0.309 e. The monoisotopic (exact) mass is 464 g/mol. The summed E-state index contributed by atoms with van der Waals surface area (Å²) < 4.78 is 3.13. The summed E-state index contributed by atoms with van der Waals surface area (Å²) in [5, 5.41) is 12.2. The summed E-state index contributed by atoms with van der Waals surface area (Å²) in [5.74, 6) is -0.872. The maximum atomic E-state index is 12.7. The minimum Gasteiger partial charge on any atom is -0.265 e. The molecule has 0 aliphatic carbocycles. The molecular weight excluding hydrogens is 444 g/mol. The van der Waals surface area contributed by atoms with Gasteiger partial charge in [0.2, 0.25) is 5.82 Å². The van der Waals surface area contributed by atoms with Crippen LogP contribution in [0.5, 0.6) is 0 Å². The van der Waals surface area contributed by atoms with Gasteiger partial charge in [-0.15, -0.1) is 10.2 Å². The first-order valence-corrected chi connectivity index (χ1v) is 10.8. The first-order valence-electron chi connectivity index (χ1n) is 10.8. The van der Waals surface area contributed by atoms with E-state index >= 15 is 0 Å². The van der Waals surface area contributed by atoms with E-state index < -0.39 is 11.8 Å². The molecule has 0 saturated heterocycles. The lowest BCUT2D eigenvalue weighted by molar-refractivity contribution is 0.0838. The molecule has 5 aromatic rings. The molecule has 10 nitrogen and oxygen atoms in total. The summed E-state index contributed by atoms with van der Waals surface area (Å²) in [6.45, 7) is 0.469. The number of carbonyl (C=O) groups excluding carboxylic acids is 2. The van der Waals surface area contributed by atoms with Crippen LogP contribution < -0.4 is 10.9 Å². The van der Waals surface area contributed by atoms with Crippen molar-refractivity contribution in [2.45, 2.75) is 6.54 Å². The molecule has 0 atom stereocenters. The number of hydrogen-bond donors (Lipinski definition) is 2. The number of nitrogens with zero attached hydrogens (tertiary/aromatic N) is 6. The van der Waals surface area contributed by atoms with Crippen LogP contribution in [0.2, 0.25) is 0 Å². The smallest absolute Gasteiger partial charge is 0.265 e. The SMILES string of the molecule is O=C(NNC(=O)c1nc(-c2ccccc2)n(-c2ccccc2)n1)c1cn(Cc2ccccc2)nn1. The van der Waals surface area contributed by atoms with Crippen LogP contribution in [0.25, 0.3) is 17.1 Å². The molecule has 2 amide bonds. The van der Waals surface area contributed by atoms with Gasteiger partial charge in [0.25, 0.3) is 5.91 Å². The first kappa shape index (κ1) is 21.7. The van der Waals surface area contributed by atoms with Gasteiger partial charge in [-0.1, -0.05) is 84.1 Å². The minimum atomic E-state index is -0.665. The predicted molar refractivity (Wildman–Crippen MR) is 127 cm³/mol. The summed E-state index contributed by atoms with van der Waals surface area (Å²) in [5.41, 5.74) is 7.31. The molecule has 2 heterocycles. The van der Waals surface area contributed by atoms with Gasteiger partial charge >= 0.3 is 5.91 Å².